The molecule has 0 aliphatic carbocycles. The van der Waals surface area contributed by atoms with Crippen LogP contribution < -0.4 is 0 Å². The van der Waals surface area contributed by atoms with Crippen molar-refractivity contribution in [2.45, 2.75) is 44.1 Å². The summed E-state index contributed by atoms with van der Waals surface area (Å²) < 4.78 is 7.99. The van der Waals surface area contributed by atoms with Gasteiger partial charge in [-0.05, 0) is 18.6 Å². The van der Waals surface area contributed by atoms with Gasteiger partial charge in [0, 0.05) is 25.7 Å². The first kappa shape index (κ1) is 16.5. The van der Waals surface area contributed by atoms with Gasteiger partial charge < -0.3 is 14.5 Å². The molecule has 3 atom stereocenters. The number of carbonyl (C=O) groups excluding carboxylic acids is 2. The van der Waals surface area contributed by atoms with Crippen LogP contribution in [0.1, 0.15) is 41.9 Å². The van der Waals surface area contributed by atoms with E-state index in [1.165, 1.54) is 0 Å². The minimum absolute atomic E-state index is 0.0583. The molecule has 4 heterocycles. The van der Waals surface area contributed by atoms with Crippen molar-refractivity contribution in [2.24, 2.45) is 0 Å². The molecule has 3 aliphatic heterocycles. The van der Waals surface area contributed by atoms with Gasteiger partial charge in [-0.15, -0.1) is 0 Å². The minimum Gasteiger partial charge on any atom is -0.351 e. The van der Waals surface area contributed by atoms with Crippen molar-refractivity contribution in [1.82, 2.24) is 19.6 Å². The molecule has 2 aromatic rings. The fourth-order valence-corrected chi connectivity index (χ4v) is 4.81. The van der Waals surface area contributed by atoms with Gasteiger partial charge in [0.05, 0.1) is 25.1 Å². The van der Waals surface area contributed by atoms with Gasteiger partial charge in [0.25, 0.3) is 5.91 Å². The first-order valence-corrected chi connectivity index (χ1v) is 9.49. The number of ether oxygens (including phenoxy) is 1. The zero-order chi connectivity index (χ0) is 18.6. The molecule has 0 N–H and O–H groups in total. The number of rotatable bonds is 3. The summed E-state index contributed by atoms with van der Waals surface area (Å²) in [5.41, 5.74) is 0.813. The third-order valence-electron chi connectivity index (χ3n) is 6.08. The Morgan fingerprint density at radius 3 is 2.85 bits per heavy atom. The fraction of sp³-hybridized carbons (Fsp3) is 0.450. The molecule has 0 unspecified atom stereocenters. The maximum absolute atomic E-state index is 13.0. The summed E-state index contributed by atoms with van der Waals surface area (Å²) in [6.07, 6.45) is 2.76. The Kier molecular flexibility index (Phi) is 3.62. The van der Waals surface area contributed by atoms with Gasteiger partial charge in [0.15, 0.2) is 5.72 Å². The highest BCUT2D eigenvalue weighted by Gasteiger charge is 2.65. The van der Waals surface area contributed by atoms with Crippen LogP contribution in [0.15, 0.2) is 42.6 Å². The Morgan fingerprint density at radius 1 is 1.30 bits per heavy atom. The van der Waals surface area contributed by atoms with Gasteiger partial charge in [-0.2, -0.15) is 5.10 Å². The molecule has 27 heavy (non-hydrogen) atoms. The van der Waals surface area contributed by atoms with Gasteiger partial charge in [-0.25, -0.2) is 0 Å². The fourth-order valence-electron chi connectivity index (χ4n) is 4.81. The van der Waals surface area contributed by atoms with E-state index in [0.717, 1.165) is 12.1 Å². The highest BCUT2D eigenvalue weighted by atomic mass is 16.5. The van der Waals surface area contributed by atoms with Crippen molar-refractivity contribution in [3.63, 3.8) is 0 Å². The molecule has 1 aromatic heterocycles. The summed E-state index contributed by atoms with van der Waals surface area (Å²) in [7, 11) is 0. The zero-order valence-corrected chi connectivity index (χ0v) is 15.2. The largest absolute Gasteiger partial charge is 0.351 e. The van der Waals surface area contributed by atoms with Crippen LogP contribution in [0.3, 0.4) is 0 Å². The predicted octanol–water partition coefficient (Wildman–Crippen LogP) is 1.82. The van der Waals surface area contributed by atoms with E-state index in [2.05, 4.69) is 5.10 Å². The monoisotopic (exact) mass is 366 g/mol. The minimum atomic E-state index is -0.694. The molecule has 5 rings (SSSR count). The number of hydrogen-bond acceptors (Lipinski definition) is 4. The van der Waals surface area contributed by atoms with E-state index in [9.17, 15) is 9.59 Å². The zero-order valence-electron chi connectivity index (χ0n) is 15.2. The van der Waals surface area contributed by atoms with E-state index in [1.54, 1.807) is 15.6 Å². The number of carbonyl (C=O) groups is 2. The Hall–Kier alpha value is -2.67. The van der Waals surface area contributed by atoms with Crippen molar-refractivity contribution in [2.75, 3.05) is 13.2 Å². The lowest BCUT2D eigenvalue weighted by Gasteiger charge is -2.33. The molecule has 1 spiro atoms. The Bertz CT molecular complexity index is 896. The number of benzene rings is 1. The van der Waals surface area contributed by atoms with E-state index in [1.807, 2.05) is 48.4 Å². The van der Waals surface area contributed by atoms with Crippen LogP contribution in [0.25, 0.3) is 0 Å². The Labute approximate surface area is 157 Å². The Balaban J connectivity index is 1.44. The molecule has 7 heteroatoms. The van der Waals surface area contributed by atoms with E-state index >= 15 is 0 Å². The molecule has 140 valence electrons. The molecular weight excluding hydrogens is 344 g/mol. The van der Waals surface area contributed by atoms with Crippen molar-refractivity contribution >= 4 is 11.8 Å². The third-order valence-corrected chi connectivity index (χ3v) is 6.08. The maximum atomic E-state index is 13.0. The summed E-state index contributed by atoms with van der Waals surface area (Å²) in [5, 5.41) is 4.34. The average molecular weight is 366 g/mol. The Morgan fingerprint density at radius 2 is 2.11 bits per heavy atom. The van der Waals surface area contributed by atoms with Gasteiger partial charge >= 0.3 is 0 Å². The maximum Gasteiger partial charge on any atom is 0.274 e. The van der Waals surface area contributed by atoms with Crippen LogP contribution >= 0.6 is 0 Å². The first-order chi connectivity index (χ1) is 13.1. The van der Waals surface area contributed by atoms with Crippen LogP contribution in [-0.2, 0) is 16.1 Å². The summed E-state index contributed by atoms with van der Waals surface area (Å²) >= 11 is 0. The number of aryl methyl sites for hydroxylation is 1. The molecular formula is C20H22N4O3. The van der Waals surface area contributed by atoms with Crippen LogP contribution in [0.4, 0.5) is 0 Å². The van der Waals surface area contributed by atoms with E-state index in [0.29, 0.717) is 31.7 Å². The lowest BCUT2D eigenvalue weighted by Crippen LogP contribution is -2.49. The van der Waals surface area contributed by atoms with Crippen molar-refractivity contribution in [3.8, 4) is 0 Å². The van der Waals surface area contributed by atoms with E-state index in [-0.39, 0.29) is 23.9 Å². The van der Waals surface area contributed by atoms with Crippen molar-refractivity contribution in [3.05, 3.63) is 53.9 Å². The van der Waals surface area contributed by atoms with Crippen LogP contribution in [0.5, 0.6) is 0 Å². The summed E-state index contributed by atoms with van der Waals surface area (Å²) in [6, 6.07) is 11.4. The van der Waals surface area contributed by atoms with Gasteiger partial charge in [-0.3, -0.25) is 14.3 Å². The average Bonchev–Trinajstić information content (AvgIpc) is 3.43. The van der Waals surface area contributed by atoms with Crippen LogP contribution in [0.2, 0.25) is 0 Å². The summed E-state index contributed by atoms with van der Waals surface area (Å²) in [6.45, 7) is 3.75. The lowest BCUT2D eigenvalue weighted by molar-refractivity contribution is -0.138. The lowest BCUT2D eigenvalue weighted by atomic mass is 10.0. The number of nitrogens with zero attached hydrogens (tertiary/aromatic N) is 4. The summed E-state index contributed by atoms with van der Waals surface area (Å²) in [4.78, 5) is 29.6. The smallest absolute Gasteiger partial charge is 0.274 e. The summed E-state index contributed by atoms with van der Waals surface area (Å²) in [5.74, 6) is -0.0616. The molecule has 3 fully saturated rings. The second-order valence-electron chi connectivity index (χ2n) is 7.37. The number of aromatic nitrogens is 2. The second kappa shape index (κ2) is 5.92. The number of amides is 2. The SMILES string of the molecule is CCn1ccc(C(=O)N2CC[C@@]34OC[C@@H](c5ccccc5)N3C(=O)C[C@@H]24)n1. The molecule has 0 saturated carbocycles. The molecule has 7 nitrogen and oxygen atoms in total. The van der Waals surface area contributed by atoms with Crippen LogP contribution in [-0.4, -0.2) is 56.3 Å². The van der Waals surface area contributed by atoms with Crippen molar-refractivity contribution < 1.29 is 14.3 Å². The normalized spacial score (nSPS) is 29.3. The molecule has 0 radical (unpaired) electrons. The topological polar surface area (TPSA) is 67.7 Å². The molecule has 3 aliphatic rings. The quantitative estimate of drug-likeness (QED) is 0.831. The molecule has 3 saturated heterocycles. The van der Waals surface area contributed by atoms with Gasteiger partial charge in [0.1, 0.15) is 5.69 Å². The molecule has 0 bridgehead atoms. The van der Waals surface area contributed by atoms with Gasteiger partial charge in [0.2, 0.25) is 5.91 Å². The van der Waals surface area contributed by atoms with Crippen molar-refractivity contribution in [1.29, 1.82) is 0 Å². The number of hydrogen-bond donors (Lipinski definition) is 0. The van der Waals surface area contributed by atoms with Crippen LogP contribution in [0, 0.1) is 0 Å². The standard InChI is InChI=1S/C20H22N4O3/c1-2-22-10-8-15(21-22)19(26)23-11-9-20-17(23)12-18(25)24(20)16(13-27-20)14-6-4-3-5-7-14/h3-8,10,16-17H,2,9,11-13H2,1H3/t16-,17+,20-/m0/s1. The first-order valence-electron chi connectivity index (χ1n) is 9.49. The highest BCUT2D eigenvalue weighted by Crippen LogP contribution is 2.51. The second-order valence-corrected chi connectivity index (χ2v) is 7.37. The molecule has 1 aromatic carbocycles. The van der Waals surface area contributed by atoms with Gasteiger partial charge in [-0.1, -0.05) is 30.3 Å². The molecule has 2 amide bonds. The third kappa shape index (κ3) is 2.27. The number of likely N-dealkylation sites (tertiary alicyclic amines) is 1. The predicted molar refractivity (Wildman–Crippen MR) is 96.7 cm³/mol. The van der Waals surface area contributed by atoms with E-state index in [4.69, 9.17) is 4.74 Å². The highest BCUT2D eigenvalue weighted by molar-refractivity contribution is 5.94. The van der Waals surface area contributed by atoms with E-state index < -0.39 is 5.72 Å².